The molecule has 0 unspecified atom stereocenters. The molecule has 0 bridgehead atoms. The number of aromatic nitrogens is 2. The lowest BCUT2D eigenvalue weighted by Gasteiger charge is -2.09. The van der Waals surface area contributed by atoms with Gasteiger partial charge < -0.3 is 14.5 Å². The molecule has 0 fully saturated rings. The zero-order valence-corrected chi connectivity index (χ0v) is 17.6. The molecule has 1 heterocycles. The number of hydrogen-bond donors (Lipinski definition) is 1. The highest BCUT2D eigenvalue weighted by Gasteiger charge is 2.19. The molecular weight excluding hydrogens is 432 g/mol. The fraction of sp³-hybridized carbons (Fsp3) is 0.211. The van der Waals surface area contributed by atoms with Crippen LogP contribution in [0, 0.1) is 24.0 Å². The number of nitro benzene ring substituents is 1. The number of ether oxygens (including phenoxy) is 1. The molecule has 0 saturated carbocycles. The second-order valence-corrected chi connectivity index (χ2v) is 7.64. The minimum Gasteiger partial charge on any atom is -0.484 e. The molecule has 30 heavy (non-hydrogen) atoms. The first-order valence-electron chi connectivity index (χ1n) is 8.71. The molecule has 3 aromatic rings. The van der Waals surface area contributed by atoms with Gasteiger partial charge in [-0.1, -0.05) is 29.4 Å². The minimum atomic E-state index is -0.520. The van der Waals surface area contributed by atoms with Crippen LogP contribution in [0.3, 0.4) is 0 Å². The normalized spacial score (nSPS) is 10.6. The number of aryl methyl sites for hydroxylation is 2. The zero-order chi connectivity index (χ0) is 21.7. The number of halogens is 1. The van der Waals surface area contributed by atoms with Crippen molar-refractivity contribution in [1.82, 2.24) is 10.2 Å². The Labute approximate surface area is 180 Å². The van der Waals surface area contributed by atoms with Gasteiger partial charge in [0.05, 0.1) is 10.7 Å². The van der Waals surface area contributed by atoms with Crippen LogP contribution in [0.5, 0.6) is 5.75 Å². The summed E-state index contributed by atoms with van der Waals surface area (Å²) in [5.41, 5.74) is 1.38. The van der Waals surface area contributed by atoms with Crippen LogP contribution in [0.2, 0.25) is 5.02 Å². The minimum absolute atomic E-state index is 0.0514. The number of hydrogen-bond acceptors (Lipinski definition) is 8. The van der Waals surface area contributed by atoms with Gasteiger partial charge in [-0.3, -0.25) is 14.9 Å². The van der Waals surface area contributed by atoms with E-state index in [1.807, 2.05) is 0 Å². The number of thioether (sulfide) groups is 1. The monoisotopic (exact) mass is 448 g/mol. The van der Waals surface area contributed by atoms with Crippen LogP contribution < -0.4 is 10.1 Å². The topological polar surface area (TPSA) is 120 Å². The molecule has 0 aliphatic carbocycles. The van der Waals surface area contributed by atoms with Gasteiger partial charge in [0.1, 0.15) is 11.4 Å². The van der Waals surface area contributed by atoms with Crippen molar-refractivity contribution in [3.63, 3.8) is 0 Å². The number of benzene rings is 2. The Kier molecular flexibility index (Phi) is 6.91. The van der Waals surface area contributed by atoms with Crippen molar-refractivity contribution in [3.05, 3.63) is 68.6 Å². The van der Waals surface area contributed by atoms with Crippen molar-refractivity contribution in [3.8, 4) is 5.75 Å². The van der Waals surface area contributed by atoms with E-state index < -0.39 is 10.8 Å². The Balaban J connectivity index is 1.54. The summed E-state index contributed by atoms with van der Waals surface area (Å²) in [4.78, 5) is 23.0. The fourth-order valence-electron chi connectivity index (χ4n) is 2.59. The molecule has 1 amide bonds. The predicted octanol–water partition coefficient (Wildman–Crippen LogP) is 4.56. The van der Waals surface area contributed by atoms with E-state index in [0.29, 0.717) is 16.3 Å². The lowest BCUT2D eigenvalue weighted by atomic mass is 10.1. The Morgan fingerprint density at radius 2 is 2.00 bits per heavy atom. The number of nitrogens with zero attached hydrogens (tertiary/aromatic N) is 3. The van der Waals surface area contributed by atoms with E-state index in [1.54, 1.807) is 44.2 Å². The maximum absolute atomic E-state index is 12.3. The van der Waals surface area contributed by atoms with Crippen LogP contribution in [0.4, 0.5) is 11.4 Å². The summed E-state index contributed by atoms with van der Waals surface area (Å²) in [7, 11) is 0. The van der Waals surface area contributed by atoms with Crippen LogP contribution >= 0.6 is 23.4 Å². The van der Waals surface area contributed by atoms with Crippen molar-refractivity contribution in [2.24, 2.45) is 0 Å². The Morgan fingerprint density at radius 3 is 2.70 bits per heavy atom. The average Bonchev–Trinajstić information content (AvgIpc) is 3.15. The molecule has 11 heteroatoms. The second-order valence-electron chi connectivity index (χ2n) is 6.27. The van der Waals surface area contributed by atoms with Crippen LogP contribution in [-0.2, 0) is 11.4 Å². The van der Waals surface area contributed by atoms with Crippen molar-refractivity contribution < 1.29 is 18.9 Å². The largest absolute Gasteiger partial charge is 0.484 e. The van der Waals surface area contributed by atoms with E-state index in [-0.39, 0.29) is 34.8 Å². The second kappa shape index (κ2) is 9.59. The molecule has 156 valence electrons. The van der Waals surface area contributed by atoms with Crippen molar-refractivity contribution in [2.75, 3.05) is 11.1 Å². The van der Waals surface area contributed by atoms with Gasteiger partial charge in [-0.05, 0) is 49.2 Å². The quantitative estimate of drug-likeness (QED) is 0.302. The van der Waals surface area contributed by atoms with E-state index in [4.69, 9.17) is 20.8 Å². The lowest BCUT2D eigenvalue weighted by molar-refractivity contribution is -0.384. The predicted molar refractivity (Wildman–Crippen MR) is 112 cm³/mol. The third-order valence-electron chi connectivity index (χ3n) is 3.87. The van der Waals surface area contributed by atoms with E-state index in [1.165, 1.54) is 6.07 Å². The van der Waals surface area contributed by atoms with Crippen LogP contribution in [-0.4, -0.2) is 26.8 Å². The van der Waals surface area contributed by atoms with Crippen LogP contribution in [0.1, 0.15) is 17.0 Å². The standard InChI is InChI=1S/C19H17ClN4O5S/c1-11-7-12(2)18(15(8-11)24(26)27)21-16(25)10-30-19-23-22-17(29-19)9-28-14-5-3-13(20)4-6-14/h3-8H,9-10H2,1-2H3,(H,21,25). The molecule has 0 spiro atoms. The van der Waals surface area contributed by atoms with Gasteiger partial charge in [0.2, 0.25) is 5.91 Å². The van der Waals surface area contributed by atoms with Crippen molar-refractivity contribution in [1.29, 1.82) is 0 Å². The van der Waals surface area contributed by atoms with Crippen molar-refractivity contribution >= 4 is 40.6 Å². The molecule has 0 aliphatic heterocycles. The first-order chi connectivity index (χ1) is 14.3. The van der Waals surface area contributed by atoms with Gasteiger partial charge in [-0.15, -0.1) is 10.2 Å². The summed E-state index contributed by atoms with van der Waals surface area (Å²) in [5.74, 6) is 0.371. The highest BCUT2D eigenvalue weighted by molar-refractivity contribution is 7.99. The Morgan fingerprint density at radius 1 is 1.27 bits per heavy atom. The third-order valence-corrected chi connectivity index (χ3v) is 4.94. The molecule has 0 radical (unpaired) electrons. The van der Waals surface area contributed by atoms with E-state index in [9.17, 15) is 14.9 Å². The van der Waals surface area contributed by atoms with Gasteiger partial charge in [0.15, 0.2) is 6.61 Å². The first kappa shape index (κ1) is 21.6. The molecule has 2 aromatic carbocycles. The van der Waals surface area contributed by atoms with Crippen LogP contribution in [0.15, 0.2) is 46.0 Å². The number of anilines is 1. The smallest absolute Gasteiger partial charge is 0.293 e. The average molecular weight is 449 g/mol. The van der Waals surface area contributed by atoms with Gasteiger partial charge in [-0.2, -0.15) is 0 Å². The van der Waals surface area contributed by atoms with Gasteiger partial charge in [-0.25, -0.2) is 0 Å². The number of carbonyl (C=O) groups is 1. The molecule has 3 rings (SSSR count). The van der Waals surface area contributed by atoms with Gasteiger partial charge in [0, 0.05) is 11.1 Å². The summed E-state index contributed by atoms with van der Waals surface area (Å²) in [6, 6.07) is 10.0. The van der Waals surface area contributed by atoms with Gasteiger partial charge in [0.25, 0.3) is 16.8 Å². The maximum atomic E-state index is 12.3. The molecule has 1 aromatic heterocycles. The van der Waals surface area contributed by atoms with Gasteiger partial charge >= 0.3 is 0 Å². The molecule has 0 atom stereocenters. The highest BCUT2D eigenvalue weighted by Crippen LogP contribution is 2.30. The summed E-state index contributed by atoms with van der Waals surface area (Å²) in [6.45, 7) is 3.52. The highest BCUT2D eigenvalue weighted by atomic mass is 35.5. The molecule has 0 aliphatic rings. The summed E-state index contributed by atoms with van der Waals surface area (Å²) in [6.07, 6.45) is 0. The number of nitrogens with one attached hydrogen (secondary N) is 1. The van der Waals surface area contributed by atoms with E-state index in [0.717, 1.165) is 17.3 Å². The maximum Gasteiger partial charge on any atom is 0.293 e. The van der Waals surface area contributed by atoms with E-state index in [2.05, 4.69) is 15.5 Å². The zero-order valence-electron chi connectivity index (χ0n) is 16.0. The summed E-state index contributed by atoms with van der Waals surface area (Å²) >= 11 is 6.84. The molecule has 1 N–H and O–H groups in total. The summed E-state index contributed by atoms with van der Waals surface area (Å²) in [5, 5.41) is 22.4. The SMILES string of the molecule is Cc1cc(C)c(NC(=O)CSc2nnc(COc3ccc(Cl)cc3)o2)c([N+](=O)[O-])c1. The number of amides is 1. The van der Waals surface area contributed by atoms with Crippen molar-refractivity contribution in [2.45, 2.75) is 25.7 Å². The van der Waals surface area contributed by atoms with E-state index >= 15 is 0 Å². The first-order valence-corrected chi connectivity index (χ1v) is 10.1. The number of carbonyl (C=O) groups excluding carboxylic acids is 1. The van der Waals surface area contributed by atoms with Crippen LogP contribution in [0.25, 0.3) is 0 Å². The molecule has 0 saturated heterocycles. The number of rotatable bonds is 8. The summed E-state index contributed by atoms with van der Waals surface area (Å²) < 4.78 is 10.9. The Bertz CT molecular complexity index is 1070. The molecule has 9 nitrogen and oxygen atoms in total. The number of nitro groups is 1. The third kappa shape index (κ3) is 5.71. The Hall–Kier alpha value is -3.11. The fourth-order valence-corrected chi connectivity index (χ4v) is 3.29. The lowest BCUT2D eigenvalue weighted by Crippen LogP contribution is -2.16. The molecular formula is C19H17ClN4O5S.